The van der Waals surface area contributed by atoms with Crippen molar-refractivity contribution in [1.29, 1.82) is 0 Å². The second kappa shape index (κ2) is 9.09. The first-order valence-electron chi connectivity index (χ1n) is 10.7. The fourth-order valence-corrected chi connectivity index (χ4v) is 7.32. The molecule has 3 aromatic rings. The molecule has 5 atom stereocenters. The highest BCUT2D eigenvalue weighted by Gasteiger charge is 2.50. The highest BCUT2D eigenvalue weighted by atomic mass is 35.5. The number of hydrogen-bond donors (Lipinski definition) is 1. The zero-order valence-corrected chi connectivity index (χ0v) is 20.0. The van der Waals surface area contributed by atoms with E-state index in [0.717, 1.165) is 16.8 Å². The number of nitro benzene ring substituents is 2. The third-order valence-corrected chi connectivity index (χ3v) is 9.00. The minimum absolute atomic E-state index is 0.0204. The summed E-state index contributed by atoms with van der Waals surface area (Å²) in [5.41, 5.74) is 2.65. The molecule has 0 spiro atoms. The van der Waals surface area contributed by atoms with Crippen LogP contribution in [0.4, 0.5) is 17.1 Å². The summed E-state index contributed by atoms with van der Waals surface area (Å²) in [7, 11) is 0. The summed E-state index contributed by atoms with van der Waals surface area (Å²) < 4.78 is 0. The van der Waals surface area contributed by atoms with Gasteiger partial charge in [0.1, 0.15) is 0 Å². The van der Waals surface area contributed by atoms with Crippen molar-refractivity contribution in [2.24, 2.45) is 5.92 Å². The standard InChI is InChI=1S/C24H19Cl2N3O4S/c25-17-8-4-7-15-21-16(23(27-24(15)17)13-5-3-6-14(11-13)28(30)31)12-20(22(21)26)34-19-10-2-1-9-18(19)29(32)33/h1-11,16,20-23,27H,12H2/t16-,20-,21+,22-,23+/m1/s1. The summed E-state index contributed by atoms with van der Waals surface area (Å²) in [4.78, 5) is 22.7. The van der Waals surface area contributed by atoms with Gasteiger partial charge in [-0.3, -0.25) is 20.2 Å². The van der Waals surface area contributed by atoms with Crippen LogP contribution in [0.15, 0.2) is 71.6 Å². The van der Waals surface area contributed by atoms with Crippen LogP contribution < -0.4 is 5.32 Å². The fraction of sp³-hybridized carbons (Fsp3) is 0.250. The molecule has 7 nitrogen and oxygen atoms in total. The van der Waals surface area contributed by atoms with Gasteiger partial charge in [-0.15, -0.1) is 23.4 Å². The molecule has 34 heavy (non-hydrogen) atoms. The van der Waals surface area contributed by atoms with Gasteiger partial charge >= 0.3 is 0 Å². The van der Waals surface area contributed by atoms with Crippen molar-refractivity contribution in [3.05, 3.63) is 103 Å². The predicted molar refractivity (Wildman–Crippen MR) is 134 cm³/mol. The Morgan fingerprint density at radius 3 is 2.50 bits per heavy atom. The van der Waals surface area contributed by atoms with E-state index in [1.807, 2.05) is 18.2 Å². The molecule has 0 saturated heterocycles. The number of para-hydroxylation sites is 2. The smallest absolute Gasteiger partial charge is 0.282 e. The lowest BCUT2D eigenvalue weighted by atomic mass is 9.77. The Hall–Kier alpha value is -2.81. The van der Waals surface area contributed by atoms with E-state index in [1.54, 1.807) is 36.4 Å². The van der Waals surface area contributed by atoms with E-state index < -0.39 is 4.92 Å². The first kappa shape index (κ1) is 23.0. The first-order chi connectivity index (χ1) is 16.3. The second-order valence-corrected chi connectivity index (χ2v) is 10.6. The molecular weight excluding hydrogens is 497 g/mol. The van der Waals surface area contributed by atoms with E-state index in [-0.39, 0.29) is 44.8 Å². The molecule has 0 aromatic heterocycles. The number of alkyl halides is 1. The average molecular weight is 516 g/mol. The lowest BCUT2D eigenvalue weighted by Crippen LogP contribution is -2.31. The van der Waals surface area contributed by atoms with Gasteiger partial charge in [-0.05, 0) is 35.6 Å². The Kier molecular flexibility index (Phi) is 6.14. The number of rotatable bonds is 5. The van der Waals surface area contributed by atoms with Crippen molar-refractivity contribution >= 4 is 52.0 Å². The molecule has 10 heteroatoms. The average Bonchev–Trinajstić information content (AvgIpc) is 3.15. The summed E-state index contributed by atoms with van der Waals surface area (Å²) in [6.45, 7) is 0. The van der Waals surface area contributed by atoms with Crippen LogP contribution in [0.2, 0.25) is 5.02 Å². The molecular formula is C24H19Cl2N3O4S. The molecule has 1 aliphatic carbocycles. The van der Waals surface area contributed by atoms with Crippen LogP contribution >= 0.6 is 35.0 Å². The van der Waals surface area contributed by atoms with E-state index >= 15 is 0 Å². The summed E-state index contributed by atoms with van der Waals surface area (Å²) in [6.07, 6.45) is 0.682. The van der Waals surface area contributed by atoms with E-state index in [2.05, 4.69) is 5.32 Å². The van der Waals surface area contributed by atoms with Crippen molar-refractivity contribution in [2.45, 2.75) is 33.9 Å². The molecule has 174 valence electrons. The van der Waals surface area contributed by atoms with Crippen molar-refractivity contribution in [2.75, 3.05) is 5.32 Å². The van der Waals surface area contributed by atoms with Crippen LogP contribution in [0.25, 0.3) is 0 Å². The number of fused-ring (bicyclic) bond motifs is 3. The van der Waals surface area contributed by atoms with Crippen molar-refractivity contribution in [3.63, 3.8) is 0 Å². The Morgan fingerprint density at radius 1 is 0.971 bits per heavy atom. The Morgan fingerprint density at radius 2 is 1.74 bits per heavy atom. The van der Waals surface area contributed by atoms with Crippen LogP contribution in [-0.2, 0) is 0 Å². The van der Waals surface area contributed by atoms with Crippen LogP contribution in [0.1, 0.15) is 29.5 Å². The number of nitrogens with zero attached hydrogens (tertiary/aromatic N) is 2. The van der Waals surface area contributed by atoms with Crippen LogP contribution in [0, 0.1) is 26.1 Å². The molecule has 0 bridgehead atoms. The molecule has 0 unspecified atom stereocenters. The van der Waals surface area contributed by atoms with Gasteiger partial charge in [-0.1, -0.05) is 48.0 Å². The molecule has 3 aromatic carbocycles. The SMILES string of the molecule is O=[N+]([O-])c1cccc([C@@H]2Nc3c(Cl)cccc3[C@@H]3[C@H](Cl)[C@H](Sc4ccccc4[N+](=O)[O-])C[C@H]32)c1. The minimum Gasteiger partial charge on any atom is -0.376 e. The monoisotopic (exact) mass is 515 g/mol. The zero-order valence-electron chi connectivity index (χ0n) is 17.6. The van der Waals surface area contributed by atoms with E-state index in [0.29, 0.717) is 16.3 Å². The molecule has 0 radical (unpaired) electrons. The van der Waals surface area contributed by atoms with Gasteiger partial charge in [-0.2, -0.15) is 0 Å². The maximum atomic E-state index is 11.5. The fourth-order valence-electron chi connectivity index (χ4n) is 5.14. The first-order valence-corrected chi connectivity index (χ1v) is 12.4. The Bertz CT molecular complexity index is 1290. The molecule has 1 heterocycles. The van der Waals surface area contributed by atoms with Crippen LogP contribution in [-0.4, -0.2) is 20.5 Å². The van der Waals surface area contributed by atoms with Crippen LogP contribution in [0.5, 0.6) is 0 Å². The van der Waals surface area contributed by atoms with Crippen molar-refractivity contribution in [3.8, 4) is 0 Å². The second-order valence-electron chi connectivity index (χ2n) is 8.43. The quantitative estimate of drug-likeness (QED) is 0.219. The number of hydrogen-bond acceptors (Lipinski definition) is 6. The number of thioether (sulfide) groups is 1. The van der Waals surface area contributed by atoms with E-state index in [4.69, 9.17) is 23.2 Å². The van der Waals surface area contributed by atoms with Gasteiger partial charge < -0.3 is 5.32 Å². The minimum atomic E-state index is -0.406. The van der Waals surface area contributed by atoms with Gasteiger partial charge in [0.25, 0.3) is 11.4 Å². The molecule has 5 rings (SSSR count). The number of nitro groups is 2. The van der Waals surface area contributed by atoms with Crippen LogP contribution in [0.3, 0.4) is 0 Å². The van der Waals surface area contributed by atoms with E-state index in [1.165, 1.54) is 23.9 Å². The molecule has 1 saturated carbocycles. The normalized spacial score (nSPS) is 25.2. The third-order valence-electron chi connectivity index (χ3n) is 6.58. The molecule has 2 aliphatic rings. The Labute approximate surface area is 209 Å². The molecule has 0 amide bonds. The summed E-state index contributed by atoms with van der Waals surface area (Å²) in [5.74, 6) is -0.0445. The predicted octanol–water partition coefficient (Wildman–Crippen LogP) is 7.20. The molecule has 1 N–H and O–H groups in total. The molecule has 1 aliphatic heterocycles. The highest BCUT2D eigenvalue weighted by molar-refractivity contribution is 8.00. The number of benzene rings is 3. The number of nitrogens with one attached hydrogen (secondary N) is 1. The van der Waals surface area contributed by atoms with Gasteiger partial charge in [0.05, 0.1) is 36.9 Å². The van der Waals surface area contributed by atoms with Gasteiger partial charge in [0, 0.05) is 29.4 Å². The molecule has 1 fully saturated rings. The zero-order chi connectivity index (χ0) is 24.0. The number of anilines is 1. The van der Waals surface area contributed by atoms with Gasteiger partial charge in [0.15, 0.2) is 0 Å². The third kappa shape index (κ3) is 4.00. The van der Waals surface area contributed by atoms with Crippen molar-refractivity contribution in [1.82, 2.24) is 0 Å². The lowest BCUT2D eigenvalue weighted by Gasteiger charge is -2.38. The summed E-state index contributed by atoms with van der Waals surface area (Å²) in [6, 6.07) is 18.7. The number of non-ortho nitro benzene ring substituents is 1. The Balaban J connectivity index is 1.55. The summed E-state index contributed by atoms with van der Waals surface area (Å²) >= 11 is 15.0. The maximum Gasteiger partial charge on any atom is 0.282 e. The lowest BCUT2D eigenvalue weighted by molar-refractivity contribution is -0.387. The largest absolute Gasteiger partial charge is 0.376 e. The maximum absolute atomic E-state index is 11.5. The van der Waals surface area contributed by atoms with Gasteiger partial charge in [0.2, 0.25) is 0 Å². The topological polar surface area (TPSA) is 98.3 Å². The van der Waals surface area contributed by atoms with Crippen molar-refractivity contribution < 1.29 is 9.85 Å². The number of halogens is 2. The van der Waals surface area contributed by atoms with E-state index in [9.17, 15) is 20.2 Å². The highest BCUT2D eigenvalue weighted by Crippen LogP contribution is 2.59. The summed E-state index contributed by atoms with van der Waals surface area (Å²) in [5, 5.41) is 26.6. The van der Waals surface area contributed by atoms with Gasteiger partial charge in [-0.25, -0.2) is 0 Å².